The highest BCUT2D eigenvalue weighted by Crippen LogP contribution is 2.29. The van der Waals surface area contributed by atoms with E-state index >= 15 is 0 Å². The number of nitrogens with one attached hydrogen (secondary N) is 1. The predicted octanol–water partition coefficient (Wildman–Crippen LogP) is 3.11. The van der Waals surface area contributed by atoms with Crippen LogP contribution < -0.4 is 21.3 Å². The smallest absolute Gasteiger partial charge is 0.266 e. The second-order valence-corrected chi connectivity index (χ2v) is 9.96. The third kappa shape index (κ3) is 5.99. The van der Waals surface area contributed by atoms with Gasteiger partial charge in [0.2, 0.25) is 11.8 Å². The number of amides is 1. The number of para-hydroxylation sites is 1. The number of anilines is 2. The van der Waals surface area contributed by atoms with Crippen LogP contribution in [0.15, 0.2) is 77.9 Å². The highest BCUT2D eigenvalue weighted by atomic mass is 16.5. The van der Waals surface area contributed by atoms with Crippen LogP contribution in [-0.4, -0.2) is 74.3 Å². The number of aromatic nitrogens is 5. The SMILES string of the molecule is COc1cc(-c2cccc3nc([C@@H](C)CNc4nc(N)ncc4C(=O)N(C)CCO)n(-c4ccccc4)c(=O)c23)ccn1. The Morgan fingerprint density at radius 1 is 1.12 bits per heavy atom. The average molecular weight is 581 g/mol. The van der Waals surface area contributed by atoms with Crippen molar-refractivity contribution in [2.24, 2.45) is 0 Å². The molecular weight excluding hydrogens is 548 g/mol. The summed E-state index contributed by atoms with van der Waals surface area (Å²) in [5.74, 6) is 0.519. The summed E-state index contributed by atoms with van der Waals surface area (Å²) in [7, 11) is 3.12. The van der Waals surface area contributed by atoms with Gasteiger partial charge in [-0.15, -0.1) is 0 Å². The minimum atomic E-state index is -0.366. The number of fused-ring (bicyclic) bond motifs is 1. The maximum Gasteiger partial charge on any atom is 0.266 e. The molecular formula is C31H32N8O4. The van der Waals surface area contributed by atoms with Gasteiger partial charge in [0.15, 0.2) is 0 Å². The predicted molar refractivity (Wildman–Crippen MR) is 165 cm³/mol. The Bertz CT molecular complexity index is 1830. The molecule has 1 atom stereocenters. The van der Waals surface area contributed by atoms with E-state index in [2.05, 4.69) is 20.3 Å². The minimum Gasteiger partial charge on any atom is -0.481 e. The van der Waals surface area contributed by atoms with E-state index in [0.29, 0.717) is 33.9 Å². The van der Waals surface area contributed by atoms with Gasteiger partial charge in [-0.05, 0) is 35.4 Å². The van der Waals surface area contributed by atoms with Gasteiger partial charge in [-0.25, -0.2) is 15.0 Å². The Balaban J connectivity index is 1.59. The van der Waals surface area contributed by atoms with E-state index in [9.17, 15) is 14.7 Å². The fourth-order valence-corrected chi connectivity index (χ4v) is 4.82. The first-order chi connectivity index (χ1) is 20.8. The van der Waals surface area contributed by atoms with Crippen molar-refractivity contribution >= 4 is 28.6 Å². The summed E-state index contributed by atoms with van der Waals surface area (Å²) in [6.45, 7) is 2.17. The van der Waals surface area contributed by atoms with E-state index in [-0.39, 0.29) is 54.4 Å². The number of aliphatic hydroxyl groups excluding tert-OH is 1. The van der Waals surface area contributed by atoms with Crippen LogP contribution in [0.3, 0.4) is 0 Å². The lowest BCUT2D eigenvalue weighted by Crippen LogP contribution is -2.31. The number of nitrogen functional groups attached to an aromatic ring is 1. The number of rotatable bonds is 10. The monoisotopic (exact) mass is 580 g/mol. The molecule has 12 heteroatoms. The van der Waals surface area contributed by atoms with Crippen LogP contribution in [0.5, 0.6) is 5.88 Å². The second kappa shape index (κ2) is 12.7. The molecule has 2 aromatic carbocycles. The average Bonchev–Trinajstić information content (AvgIpc) is 3.03. The summed E-state index contributed by atoms with van der Waals surface area (Å²) in [6, 6.07) is 18.5. The summed E-state index contributed by atoms with van der Waals surface area (Å²) < 4.78 is 6.93. The quantitative estimate of drug-likeness (QED) is 0.224. The molecule has 0 saturated heterocycles. The maximum absolute atomic E-state index is 14.3. The molecule has 0 aliphatic carbocycles. The number of ether oxygens (including phenoxy) is 1. The van der Waals surface area contributed by atoms with Crippen LogP contribution >= 0.6 is 0 Å². The molecule has 0 saturated carbocycles. The van der Waals surface area contributed by atoms with Gasteiger partial charge in [0.25, 0.3) is 11.5 Å². The first-order valence-electron chi connectivity index (χ1n) is 13.7. The van der Waals surface area contributed by atoms with Crippen LogP contribution in [0.2, 0.25) is 0 Å². The van der Waals surface area contributed by atoms with Crippen molar-refractivity contribution in [2.75, 3.05) is 44.9 Å². The molecule has 0 bridgehead atoms. The maximum atomic E-state index is 14.3. The molecule has 5 rings (SSSR count). The molecule has 3 heterocycles. The topological polar surface area (TPSA) is 161 Å². The highest BCUT2D eigenvalue weighted by Gasteiger charge is 2.22. The van der Waals surface area contributed by atoms with Crippen molar-refractivity contribution in [2.45, 2.75) is 12.8 Å². The van der Waals surface area contributed by atoms with Crippen LogP contribution in [-0.2, 0) is 0 Å². The number of carbonyl (C=O) groups is 1. The van der Waals surface area contributed by atoms with Crippen molar-refractivity contribution in [1.82, 2.24) is 29.4 Å². The van der Waals surface area contributed by atoms with Gasteiger partial charge in [-0.2, -0.15) is 4.98 Å². The van der Waals surface area contributed by atoms with Crippen molar-refractivity contribution < 1.29 is 14.6 Å². The molecule has 0 aliphatic rings. The second-order valence-electron chi connectivity index (χ2n) is 9.96. The third-order valence-corrected chi connectivity index (χ3v) is 7.03. The van der Waals surface area contributed by atoms with Crippen LogP contribution in [0.4, 0.5) is 11.8 Å². The molecule has 5 aromatic rings. The van der Waals surface area contributed by atoms with Crippen molar-refractivity contribution in [3.63, 3.8) is 0 Å². The van der Waals surface area contributed by atoms with Crippen molar-refractivity contribution in [3.8, 4) is 22.7 Å². The van der Waals surface area contributed by atoms with Crippen LogP contribution in [0, 0.1) is 0 Å². The zero-order chi connectivity index (χ0) is 30.5. The molecule has 0 unspecified atom stereocenters. The number of methoxy groups -OCH3 is 1. The van der Waals surface area contributed by atoms with Crippen molar-refractivity contribution in [1.29, 1.82) is 0 Å². The molecule has 12 nitrogen and oxygen atoms in total. The molecule has 1 amide bonds. The van der Waals surface area contributed by atoms with Crippen LogP contribution in [0.25, 0.3) is 27.7 Å². The van der Waals surface area contributed by atoms with E-state index in [1.54, 1.807) is 31.0 Å². The Labute approximate surface area is 247 Å². The minimum absolute atomic E-state index is 0.00168. The lowest BCUT2D eigenvalue weighted by Gasteiger charge is -2.21. The van der Waals surface area contributed by atoms with E-state index < -0.39 is 0 Å². The normalized spacial score (nSPS) is 11.7. The highest BCUT2D eigenvalue weighted by molar-refractivity contribution is 5.98. The van der Waals surface area contributed by atoms with E-state index in [0.717, 1.165) is 5.56 Å². The van der Waals surface area contributed by atoms with Gasteiger partial charge in [-0.1, -0.05) is 37.3 Å². The third-order valence-electron chi connectivity index (χ3n) is 7.03. The molecule has 0 aliphatic heterocycles. The fourth-order valence-electron chi connectivity index (χ4n) is 4.82. The summed E-state index contributed by atoms with van der Waals surface area (Å²) in [6.07, 6.45) is 2.99. The summed E-state index contributed by atoms with van der Waals surface area (Å²) in [4.78, 5) is 46.1. The molecule has 4 N–H and O–H groups in total. The lowest BCUT2D eigenvalue weighted by molar-refractivity contribution is 0.0767. The lowest BCUT2D eigenvalue weighted by atomic mass is 10.0. The number of hydrogen-bond donors (Lipinski definition) is 3. The first kappa shape index (κ1) is 29.1. The molecule has 220 valence electrons. The Morgan fingerprint density at radius 2 is 1.91 bits per heavy atom. The molecule has 0 fully saturated rings. The van der Waals surface area contributed by atoms with Crippen molar-refractivity contribution in [3.05, 3.63) is 94.8 Å². The van der Waals surface area contributed by atoms with Gasteiger partial charge in [0.1, 0.15) is 17.2 Å². The van der Waals surface area contributed by atoms with Gasteiger partial charge >= 0.3 is 0 Å². The van der Waals surface area contributed by atoms with Gasteiger partial charge in [0, 0.05) is 44.5 Å². The number of carbonyl (C=O) groups excluding carboxylic acids is 1. The largest absolute Gasteiger partial charge is 0.481 e. The molecule has 0 spiro atoms. The van der Waals surface area contributed by atoms with Gasteiger partial charge in [0.05, 0.1) is 30.3 Å². The van der Waals surface area contributed by atoms with E-state index in [4.69, 9.17) is 15.5 Å². The molecule has 3 aromatic heterocycles. The summed E-state index contributed by atoms with van der Waals surface area (Å²) in [5, 5.41) is 12.9. The van der Waals surface area contributed by atoms with Crippen LogP contribution in [0.1, 0.15) is 29.0 Å². The van der Waals surface area contributed by atoms with E-state index in [1.165, 1.54) is 11.1 Å². The van der Waals surface area contributed by atoms with Gasteiger partial charge < -0.3 is 25.8 Å². The number of aliphatic hydroxyl groups is 1. The Kier molecular flexibility index (Phi) is 8.58. The number of nitrogens with two attached hydrogens (primary N) is 1. The zero-order valence-electron chi connectivity index (χ0n) is 24.1. The molecule has 0 radical (unpaired) electrons. The molecule has 43 heavy (non-hydrogen) atoms. The Hall–Kier alpha value is -5.36. The Morgan fingerprint density at radius 3 is 2.65 bits per heavy atom. The number of pyridine rings is 1. The number of benzene rings is 2. The first-order valence-corrected chi connectivity index (χ1v) is 13.7. The number of likely N-dealkylation sites (N-methyl/N-ethyl adjacent to an activating group) is 1. The summed E-state index contributed by atoms with van der Waals surface area (Å²) in [5.41, 5.74) is 8.53. The standard InChI is InChI=1S/C31H32N8O4/c1-19(17-34-27-23(18-35-31(32)37-27)29(41)38(2)14-15-40)28-36-24-11-7-10-22(20-12-13-33-25(16-20)43-3)26(24)30(42)39(28)21-8-5-4-6-9-21/h4-13,16,18-19,40H,14-15,17H2,1-3H3,(H3,32,34,35,37)/t19-/m0/s1. The number of hydrogen-bond acceptors (Lipinski definition) is 10. The van der Waals surface area contributed by atoms with Gasteiger partial charge in [-0.3, -0.25) is 14.2 Å². The fraction of sp³-hybridized carbons (Fsp3) is 0.226. The van der Waals surface area contributed by atoms with E-state index in [1.807, 2.05) is 61.5 Å². The summed E-state index contributed by atoms with van der Waals surface area (Å²) >= 11 is 0. The zero-order valence-corrected chi connectivity index (χ0v) is 24.1. The number of nitrogens with zero attached hydrogens (tertiary/aromatic N) is 6.